The van der Waals surface area contributed by atoms with Gasteiger partial charge in [0.1, 0.15) is 5.76 Å². The summed E-state index contributed by atoms with van der Waals surface area (Å²) in [6, 6.07) is 1.64. The number of rotatable bonds is 3. The van der Waals surface area contributed by atoms with E-state index in [1.165, 1.54) is 10.6 Å². The van der Waals surface area contributed by atoms with Crippen LogP contribution in [-0.2, 0) is 14.8 Å². The second-order valence-electron chi connectivity index (χ2n) is 5.96. The monoisotopic (exact) mass is 342 g/mol. The maximum atomic E-state index is 12.8. The number of morpholine rings is 1. The number of sulfonamides is 1. The molecular formula is C15H22N2O5S. The zero-order chi connectivity index (χ0) is 16.4. The molecule has 128 valence electrons. The fraction of sp³-hybridized carbons (Fsp3) is 0.667. The molecule has 0 radical (unpaired) electrons. The smallest absolute Gasteiger partial charge is 0.257 e. The zero-order valence-electron chi connectivity index (χ0n) is 13.2. The van der Waals surface area contributed by atoms with E-state index in [0.29, 0.717) is 57.0 Å². The van der Waals surface area contributed by atoms with Gasteiger partial charge in [0, 0.05) is 26.2 Å². The lowest BCUT2D eigenvalue weighted by Gasteiger charge is -2.36. The van der Waals surface area contributed by atoms with Crippen LogP contribution in [0.4, 0.5) is 0 Å². The lowest BCUT2D eigenvalue weighted by Crippen LogP contribution is -2.51. The van der Waals surface area contributed by atoms with E-state index >= 15 is 0 Å². The summed E-state index contributed by atoms with van der Waals surface area (Å²) >= 11 is 0. The molecule has 2 aliphatic heterocycles. The lowest BCUT2D eigenvalue weighted by atomic mass is 10.1. The minimum absolute atomic E-state index is 0.155. The SMILES string of the molecule is Cc1occc1C(=O)N1CCC[C@H](S(=O)(=O)N2CCOCC2)C1. The quantitative estimate of drug-likeness (QED) is 0.814. The van der Waals surface area contributed by atoms with Crippen molar-refractivity contribution in [2.75, 3.05) is 39.4 Å². The highest BCUT2D eigenvalue weighted by atomic mass is 32.2. The molecule has 1 aromatic rings. The number of furan rings is 1. The number of likely N-dealkylation sites (tertiary alicyclic amines) is 1. The average Bonchev–Trinajstić information content (AvgIpc) is 3.01. The number of ether oxygens (including phenoxy) is 1. The summed E-state index contributed by atoms with van der Waals surface area (Å²) < 4.78 is 37.5. The highest BCUT2D eigenvalue weighted by Gasteiger charge is 2.37. The van der Waals surface area contributed by atoms with Crippen molar-refractivity contribution in [2.45, 2.75) is 25.0 Å². The number of amides is 1. The summed E-state index contributed by atoms with van der Waals surface area (Å²) in [5.41, 5.74) is 0.509. The van der Waals surface area contributed by atoms with Crippen molar-refractivity contribution in [2.24, 2.45) is 0 Å². The molecule has 0 aromatic carbocycles. The van der Waals surface area contributed by atoms with E-state index in [2.05, 4.69) is 0 Å². The number of hydrogen-bond acceptors (Lipinski definition) is 5. The van der Waals surface area contributed by atoms with Gasteiger partial charge in [-0.15, -0.1) is 0 Å². The Kier molecular flexibility index (Phi) is 4.74. The van der Waals surface area contributed by atoms with Crippen LogP contribution in [0.5, 0.6) is 0 Å². The Labute approximate surface area is 136 Å². The first-order valence-corrected chi connectivity index (χ1v) is 9.40. The Morgan fingerprint density at radius 2 is 2.00 bits per heavy atom. The molecule has 3 heterocycles. The highest BCUT2D eigenvalue weighted by Crippen LogP contribution is 2.23. The summed E-state index contributed by atoms with van der Waals surface area (Å²) in [6.07, 6.45) is 2.76. The predicted octanol–water partition coefficient (Wildman–Crippen LogP) is 0.855. The van der Waals surface area contributed by atoms with Gasteiger partial charge in [-0.25, -0.2) is 8.42 Å². The summed E-state index contributed by atoms with van der Waals surface area (Å²) in [4.78, 5) is 14.2. The first-order valence-electron chi connectivity index (χ1n) is 7.90. The van der Waals surface area contributed by atoms with Gasteiger partial charge in [0.2, 0.25) is 10.0 Å². The normalized spacial score (nSPS) is 23.9. The number of nitrogens with zero attached hydrogens (tertiary/aromatic N) is 2. The van der Waals surface area contributed by atoms with E-state index in [9.17, 15) is 13.2 Å². The largest absolute Gasteiger partial charge is 0.469 e. The second-order valence-corrected chi connectivity index (χ2v) is 8.18. The molecule has 7 nitrogen and oxygen atoms in total. The first kappa shape index (κ1) is 16.5. The molecule has 1 atom stereocenters. The van der Waals surface area contributed by atoms with Crippen LogP contribution in [0.1, 0.15) is 29.0 Å². The van der Waals surface area contributed by atoms with Gasteiger partial charge < -0.3 is 14.1 Å². The molecule has 8 heteroatoms. The standard InChI is InChI=1S/C15H22N2O5S/c1-12-14(4-8-22-12)15(18)16-5-2-3-13(11-16)23(19,20)17-6-9-21-10-7-17/h4,8,13H,2-3,5-7,9-11H2,1H3/t13-/m0/s1. The van der Waals surface area contributed by atoms with Crippen molar-refractivity contribution >= 4 is 15.9 Å². The molecule has 2 fully saturated rings. The van der Waals surface area contributed by atoms with Gasteiger partial charge in [-0.3, -0.25) is 4.79 Å². The predicted molar refractivity (Wildman–Crippen MR) is 83.7 cm³/mol. The molecule has 1 amide bonds. The van der Waals surface area contributed by atoms with Crippen LogP contribution in [0.3, 0.4) is 0 Å². The van der Waals surface area contributed by atoms with Crippen molar-refractivity contribution in [1.82, 2.24) is 9.21 Å². The van der Waals surface area contributed by atoms with Crippen LogP contribution < -0.4 is 0 Å². The molecule has 0 aliphatic carbocycles. The molecular weight excluding hydrogens is 320 g/mol. The molecule has 0 N–H and O–H groups in total. The van der Waals surface area contributed by atoms with E-state index in [0.717, 1.165) is 0 Å². The van der Waals surface area contributed by atoms with Gasteiger partial charge in [-0.1, -0.05) is 0 Å². The molecule has 2 saturated heterocycles. The number of hydrogen-bond donors (Lipinski definition) is 0. The van der Waals surface area contributed by atoms with Gasteiger partial charge in [0.05, 0.1) is 30.3 Å². The van der Waals surface area contributed by atoms with Crippen LogP contribution in [0.15, 0.2) is 16.7 Å². The maximum absolute atomic E-state index is 12.8. The third-order valence-electron chi connectivity index (χ3n) is 4.51. The van der Waals surface area contributed by atoms with Gasteiger partial charge in [0.25, 0.3) is 5.91 Å². The minimum Gasteiger partial charge on any atom is -0.469 e. The van der Waals surface area contributed by atoms with Gasteiger partial charge >= 0.3 is 0 Å². The molecule has 1 aromatic heterocycles. The number of carbonyl (C=O) groups is 1. The summed E-state index contributed by atoms with van der Waals surface area (Å²) in [7, 11) is -3.39. The van der Waals surface area contributed by atoms with Crippen molar-refractivity contribution in [3.05, 3.63) is 23.7 Å². The van der Waals surface area contributed by atoms with Crippen LogP contribution in [-0.4, -0.2) is 68.2 Å². The van der Waals surface area contributed by atoms with Crippen LogP contribution in [0.2, 0.25) is 0 Å². The Hall–Kier alpha value is -1.38. The zero-order valence-corrected chi connectivity index (χ0v) is 14.0. The van der Waals surface area contributed by atoms with E-state index < -0.39 is 15.3 Å². The summed E-state index contributed by atoms with van der Waals surface area (Å²) in [6.45, 7) is 4.22. The fourth-order valence-electron chi connectivity index (χ4n) is 3.15. The van der Waals surface area contributed by atoms with Crippen LogP contribution in [0, 0.1) is 6.92 Å². The Morgan fingerprint density at radius 3 is 2.65 bits per heavy atom. The van der Waals surface area contributed by atoms with Crippen molar-refractivity contribution in [3.8, 4) is 0 Å². The third kappa shape index (κ3) is 3.29. The molecule has 2 aliphatic rings. The summed E-state index contributed by atoms with van der Waals surface area (Å²) in [5.74, 6) is 0.409. The van der Waals surface area contributed by atoms with Gasteiger partial charge in [-0.05, 0) is 25.8 Å². The highest BCUT2D eigenvalue weighted by molar-refractivity contribution is 7.89. The van der Waals surface area contributed by atoms with Crippen LogP contribution in [0.25, 0.3) is 0 Å². The Bertz CT molecular complexity index is 663. The van der Waals surface area contributed by atoms with Gasteiger partial charge in [0.15, 0.2) is 0 Å². The van der Waals surface area contributed by atoms with Crippen molar-refractivity contribution in [3.63, 3.8) is 0 Å². The van der Waals surface area contributed by atoms with Crippen LogP contribution >= 0.6 is 0 Å². The van der Waals surface area contributed by atoms with E-state index in [1.807, 2.05) is 0 Å². The van der Waals surface area contributed by atoms with E-state index in [1.54, 1.807) is 17.9 Å². The molecule has 0 bridgehead atoms. The average molecular weight is 342 g/mol. The topological polar surface area (TPSA) is 80.1 Å². The third-order valence-corrected chi connectivity index (χ3v) is 6.82. The molecule has 3 rings (SSSR count). The Balaban J connectivity index is 1.73. The first-order chi connectivity index (χ1) is 11.0. The lowest BCUT2D eigenvalue weighted by molar-refractivity contribution is 0.0685. The van der Waals surface area contributed by atoms with E-state index in [-0.39, 0.29) is 12.5 Å². The number of piperidine rings is 1. The van der Waals surface area contributed by atoms with Crippen molar-refractivity contribution in [1.29, 1.82) is 0 Å². The van der Waals surface area contributed by atoms with Crippen molar-refractivity contribution < 1.29 is 22.4 Å². The molecule has 0 unspecified atom stereocenters. The molecule has 23 heavy (non-hydrogen) atoms. The Morgan fingerprint density at radius 1 is 1.26 bits per heavy atom. The van der Waals surface area contributed by atoms with Gasteiger partial charge in [-0.2, -0.15) is 4.31 Å². The molecule has 0 spiro atoms. The number of aryl methyl sites for hydroxylation is 1. The fourth-order valence-corrected chi connectivity index (χ4v) is 5.07. The molecule has 0 saturated carbocycles. The minimum atomic E-state index is -3.39. The second kappa shape index (κ2) is 6.62. The maximum Gasteiger partial charge on any atom is 0.257 e. The number of carbonyl (C=O) groups excluding carboxylic acids is 1. The summed E-state index contributed by atoms with van der Waals surface area (Å²) in [5, 5.41) is -0.537. The van der Waals surface area contributed by atoms with E-state index in [4.69, 9.17) is 9.15 Å².